The summed E-state index contributed by atoms with van der Waals surface area (Å²) < 4.78 is 16.7. The predicted octanol–water partition coefficient (Wildman–Crippen LogP) is -1.51. The van der Waals surface area contributed by atoms with Gasteiger partial charge in [-0.2, -0.15) is 0 Å². The fourth-order valence-corrected chi connectivity index (χ4v) is 10.1. The molecule has 0 aromatic heterocycles. The lowest BCUT2D eigenvalue weighted by molar-refractivity contribution is -0.342. The number of aliphatic hydroxyl groups excluding tert-OH is 6. The van der Waals surface area contributed by atoms with Crippen LogP contribution in [0.3, 0.4) is 0 Å². The molecule has 8 N–H and O–H groups in total. The van der Waals surface area contributed by atoms with E-state index >= 15 is 0 Å². The van der Waals surface area contributed by atoms with Crippen molar-refractivity contribution < 1.29 is 59.9 Å². The van der Waals surface area contributed by atoms with E-state index in [1.807, 2.05) is 6.92 Å². The zero-order valence-electron chi connectivity index (χ0n) is 23.5. The summed E-state index contributed by atoms with van der Waals surface area (Å²) in [6, 6.07) is 0. The minimum absolute atomic E-state index is 0.0369. The van der Waals surface area contributed by atoms with Crippen LogP contribution in [0, 0.1) is 28.6 Å². The highest BCUT2D eigenvalue weighted by molar-refractivity contribution is 5.85. The number of rotatable bonds is 4. The number of ether oxygens (including phenoxy) is 3. The van der Waals surface area contributed by atoms with Crippen LogP contribution in [-0.2, 0) is 19.0 Å². The Balaban J connectivity index is 1.28. The van der Waals surface area contributed by atoms with E-state index in [9.17, 15) is 45.6 Å². The van der Waals surface area contributed by atoms with Crippen LogP contribution in [0.1, 0.15) is 58.8 Å². The average molecular weight is 585 g/mol. The standard InChI is InChI=1S/C29H44O12/c1-13-22(34)23(35)24(36)25(40-13)41-15-8-19(32)28(12-30)21-17(3-5-27(28,37)9-15)29(38)6-4-16(14-7-20(33)39-11-14)26(29,2)10-18(21)31/h7,13,15-19,21-25,30-32,34-38H,3-6,8-12H2,1-2H3/t13-,15-,16+,17+,18+,19+,21-,22-,23+,24+,25-,26+,27-,28+,29-/m0/s1. The summed E-state index contributed by atoms with van der Waals surface area (Å²) in [6.07, 6.45) is -6.68. The Kier molecular flexibility index (Phi) is 7.22. The number of carbonyl (C=O) groups excluding carboxylic acids is 1. The molecule has 6 aliphatic rings. The van der Waals surface area contributed by atoms with Gasteiger partial charge in [0.25, 0.3) is 0 Å². The number of esters is 1. The van der Waals surface area contributed by atoms with Crippen LogP contribution >= 0.6 is 0 Å². The molecule has 0 bridgehead atoms. The van der Waals surface area contributed by atoms with Gasteiger partial charge in [0.15, 0.2) is 6.29 Å². The van der Waals surface area contributed by atoms with Gasteiger partial charge in [-0.1, -0.05) is 6.92 Å². The van der Waals surface area contributed by atoms with Crippen LogP contribution in [-0.4, -0.2) is 120 Å². The first kappa shape index (κ1) is 29.9. The molecule has 1 saturated heterocycles. The molecule has 0 unspecified atom stereocenters. The minimum Gasteiger partial charge on any atom is -0.458 e. The van der Waals surface area contributed by atoms with Gasteiger partial charge in [-0.15, -0.1) is 0 Å². The van der Waals surface area contributed by atoms with E-state index in [0.29, 0.717) is 19.3 Å². The Morgan fingerprint density at radius 2 is 1.76 bits per heavy atom. The molecule has 0 aromatic rings. The molecule has 0 amide bonds. The topological polar surface area (TPSA) is 207 Å². The molecule has 0 aromatic carbocycles. The van der Waals surface area contributed by atoms with Crippen LogP contribution in [0.4, 0.5) is 0 Å². The van der Waals surface area contributed by atoms with Gasteiger partial charge < -0.3 is 55.1 Å². The molecule has 0 spiro atoms. The third-order valence-electron chi connectivity index (χ3n) is 12.2. The second kappa shape index (κ2) is 9.91. The largest absolute Gasteiger partial charge is 0.458 e. The molecule has 4 saturated carbocycles. The van der Waals surface area contributed by atoms with Crippen molar-refractivity contribution in [1.29, 1.82) is 0 Å². The number of hydrogen-bond donors (Lipinski definition) is 8. The molecule has 4 aliphatic carbocycles. The second-order valence-electron chi connectivity index (χ2n) is 13.8. The van der Waals surface area contributed by atoms with Gasteiger partial charge in [-0.3, -0.25) is 0 Å². The fourth-order valence-electron chi connectivity index (χ4n) is 10.1. The predicted molar refractivity (Wildman–Crippen MR) is 139 cm³/mol. The quantitative estimate of drug-likeness (QED) is 0.140. The highest BCUT2D eigenvalue weighted by atomic mass is 16.7. The summed E-state index contributed by atoms with van der Waals surface area (Å²) in [7, 11) is 0. The lowest BCUT2D eigenvalue weighted by atomic mass is 9.40. The first-order chi connectivity index (χ1) is 19.2. The first-order valence-corrected chi connectivity index (χ1v) is 14.9. The Bertz CT molecular complexity index is 1080. The lowest BCUT2D eigenvalue weighted by Gasteiger charge is -2.68. The average Bonchev–Trinajstić information content (AvgIpc) is 3.45. The van der Waals surface area contributed by atoms with Crippen molar-refractivity contribution in [2.24, 2.45) is 28.6 Å². The summed E-state index contributed by atoms with van der Waals surface area (Å²) in [5.41, 5.74) is -4.46. The Labute approximate surface area is 238 Å². The van der Waals surface area contributed by atoms with Crippen LogP contribution in [0.2, 0.25) is 0 Å². The number of fused-ring (bicyclic) bond motifs is 5. The van der Waals surface area contributed by atoms with E-state index in [2.05, 4.69) is 0 Å². The Hall–Kier alpha value is -1.19. The van der Waals surface area contributed by atoms with Gasteiger partial charge in [0.05, 0.1) is 47.6 Å². The summed E-state index contributed by atoms with van der Waals surface area (Å²) in [6.45, 7) is 3.00. The van der Waals surface area contributed by atoms with Crippen LogP contribution in [0.15, 0.2) is 11.6 Å². The van der Waals surface area contributed by atoms with Crippen molar-refractivity contribution >= 4 is 5.97 Å². The Morgan fingerprint density at radius 1 is 1.02 bits per heavy atom. The van der Waals surface area contributed by atoms with Gasteiger partial charge in [0, 0.05) is 30.3 Å². The van der Waals surface area contributed by atoms with Crippen molar-refractivity contribution in [2.75, 3.05) is 13.2 Å². The molecule has 0 radical (unpaired) electrons. The lowest BCUT2D eigenvalue weighted by Crippen LogP contribution is -2.76. The summed E-state index contributed by atoms with van der Waals surface area (Å²) >= 11 is 0. The highest BCUT2D eigenvalue weighted by Crippen LogP contribution is 2.70. The number of carbonyl (C=O) groups is 1. The summed E-state index contributed by atoms with van der Waals surface area (Å²) in [4.78, 5) is 11.8. The zero-order chi connectivity index (χ0) is 29.7. The molecule has 15 atom stereocenters. The van der Waals surface area contributed by atoms with Crippen molar-refractivity contribution in [2.45, 2.75) is 119 Å². The first-order valence-electron chi connectivity index (χ1n) is 14.9. The van der Waals surface area contributed by atoms with E-state index in [-0.39, 0.29) is 38.2 Å². The molecule has 5 fully saturated rings. The molecule has 12 heteroatoms. The Morgan fingerprint density at radius 3 is 2.41 bits per heavy atom. The highest BCUT2D eigenvalue weighted by Gasteiger charge is 2.75. The molecule has 232 valence electrons. The SMILES string of the molecule is C[C@@H]1O[C@@H](O[C@H]2C[C@@H](O)[C@]3(CO)[C@@H]4[C@H](O)C[C@]5(C)[C@@H](C6=CC(=O)OC6)CC[C@]5(O)[C@@H]4CC[C@]3(O)C2)[C@H](O)[C@H](O)[C@H]1O. The van der Waals surface area contributed by atoms with Gasteiger partial charge >= 0.3 is 5.97 Å². The molecular formula is C29H44O12. The van der Waals surface area contributed by atoms with Gasteiger partial charge in [-0.25, -0.2) is 4.79 Å². The van der Waals surface area contributed by atoms with E-state index in [1.165, 1.54) is 13.0 Å². The number of cyclic esters (lactones) is 1. The van der Waals surface area contributed by atoms with Gasteiger partial charge in [0.2, 0.25) is 0 Å². The van der Waals surface area contributed by atoms with Crippen LogP contribution in [0.5, 0.6) is 0 Å². The minimum atomic E-state index is -1.67. The van der Waals surface area contributed by atoms with E-state index in [0.717, 1.165) is 5.57 Å². The van der Waals surface area contributed by atoms with Crippen molar-refractivity contribution in [3.63, 3.8) is 0 Å². The zero-order valence-corrected chi connectivity index (χ0v) is 23.5. The maximum atomic E-state index is 12.4. The molecule has 2 aliphatic heterocycles. The van der Waals surface area contributed by atoms with E-state index < -0.39 is 95.5 Å². The monoisotopic (exact) mass is 584 g/mol. The smallest absolute Gasteiger partial charge is 0.331 e. The maximum Gasteiger partial charge on any atom is 0.331 e. The van der Waals surface area contributed by atoms with E-state index in [4.69, 9.17) is 14.2 Å². The van der Waals surface area contributed by atoms with Crippen molar-refractivity contribution in [3.8, 4) is 0 Å². The van der Waals surface area contributed by atoms with Gasteiger partial charge in [0.1, 0.15) is 24.9 Å². The molecule has 2 heterocycles. The van der Waals surface area contributed by atoms with Crippen LogP contribution < -0.4 is 0 Å². The van der Waals surface area contributed by atoms with Gasteiger partial charge in [-0.05, 0) is 56.4 Å². The number of aliphatic hydroxyl groups is 8. The molecular weight excluding hydrogens is 540 g/mol. The molecule has 41 heavy (non-hydrogen) atoms. The second-order valence-corrected chi connectivity index (χ2v) is 13.8. The summed E-state index contributed by atoms with van der Waals surface area (Å²) in [5.74, 6) is -1.93. The van der Waals surface area contributed by atoms with Crippen LogP contribution in [0.25, 0.3) is 0 Å². The molecule has 6 rings (SSSR count). The fraction of sp³-hybridized carbons (Fsp3) is 0.897. The normalized spacial score (nSPS) is 56.9. The van der Waals surface area contributed by atoms with E-state index in [1.54, 1.807) is 0 Å². The third-order valence-corrected chi connectivity index (χ3v) is 12.2. The summed E-state index contributed by atoms with van der Waals surface area (Å²) in [5, 5.41) is 89.6. The van der Waals surface area contributed by atoms with Crippen molar-refractivity contribution in [1.82, 2.24) is 0 Å². The molecule has 12 nitrogen and oxygen atoms in total. The number of hydrogen-bond acceptors (Lipinski definition) is 12. The third kappa shape index (κ3) is 3.99. The maximum absolute atomic E-state index is 12.4. The van der Waals surface area contributed by atoms with Crippen molar-refractivity contribution in [3.05, 3.63) is 11.6 Å².